The molecule has 12 heteroatoms. The molecular formula is C37H65NO11. The number of likely N-dealkylation sites (N-methyl/N-ethyl adjacent to an activating group) is 1. The lowest BCUT2D eigenvalue weighted by Crippen LogP contribution is -2.60. The molecule has 0 aromatic heterocycles. The van der Waals surface area contributed by atoms with Crippen LogP contribution in [-0.4, -0.2) is 126 Å². The Morgan fingerprint density at radius 1 is 0.939 bits per heavy atom. The number of rotatable bonds is 7. The van der Waals surface area contributed by atoms with E-state index in [0.717, 1.165) is 5.57 Å². The topological polar surface area (TPSA) is 146 Å². The molecule has 4 aliphatic heterocycles. The number of carbonyl (C=O) groups excluding carboxylic acids is 1. The molecule has 17 atom stereocenters. The molecule has 4 heterocycles. The van der Waals surface area contributed by atoms with Gasteiger partial charge in [-0.25, -0.2) is 0 Å². The molecule has 3 saturated heterocycles. The molecule has 3 N–H and O–H groups in total. The zero-order valence-corrected chi connectivity index (χ0v) is 32.0. The van der Waals surface area contributed by atoms with Crippen molar-refractivity contribution in [1.29, 1.82) is 0 Å². The van der Waals surface area contributed by atoms with Crippen LogP contribution in [0.15, 0.2) is 11.3 Å². The molecule has 0 spiro atoms. The molecule has 2 bridgehead atoms. The van der Waals surface area contributed by atoms with Gasteiger partial charge in [-0.3, -0.25) is 4.79 Å². The van der Waals surface area contributed by atoms with Gasteiger partial charge in [-0.2, -0.15) is 0 Å². The van der Waals surface area contributed by atoms with Gasteiger partial charge in [-0.15, -0.1) is 0 Å². The fraction of sp³-hybridized carbons (Fsp3) is 0.919. The van der Waals surface area contributed by atoms with Gasteiger partial charge in [0.05, 0.1) is 35.9 Å². The lowest BCUT2D eigenvalue weighted by Gasteiger charge is -2.48. The highest BCUT2D eigenvalue weighted by molar-refractivity contribution is 5.73. The van der Waals surface area contributed by atoms with E-state index in [9.17, 15) is 20.1 Å². The maximum atomic E-state index is 14.1. The molecular weight excluding hydrogens is 634 g/mol. The predicted molar refractivity (Wildman–Crippen MR) is 182 cm³/mol. The van der Waals surface area contributed by atoms with E-state index in [4.69, 9.17) is 33.2 Å². The minimum atomic E-state index is -0.989. The fourth-order valence-electron chi connectivity index (χ4n) is 8.67. The summed E-state index contributed by atoms with van der Waals surface area (Å²) in [4.78, 5) is 16.1. The maximum Gasteiger partial charge on any atom is 0.311 e. The van der Waals surface area contributed by atoms with Crippen LogP contribution in [0.3, 0.4) is 0 Å². The third kappa shape index (κ3) is 8.18. The number of ether oxygens (including phenoxy) is 7. The van der Waals surface area contributed by atoms with Gasteiger partial charge in [0.2, 0.25) is 0 Å². The Morgan fingerprint density at radius 3 is 2.18 bits per heavy atom. The maximum absolute atomic E-state index is 14.1. The molecule has 49 heavy (non-hydrogen) atoms. The van der Waals surface area contributed by atoms with Crippen molar-refractivity contribution in [3.05, 3.63) is 11.3 Å². The standard InChI is InChI=1S/C37H65NO11/c1-14-26-20(4)28(39)21(5)30-18(2)16-37(10,49-30)33(48-35-29(40)25(38(11)12)15-19(3)44-35)22(6)31(23(7)34(42)46-26)47-27-17-36(9,43-13)32(41)24(8)45-27/h19-29,31-33,35,39-41H,14-17H2,1-13H3/t19-,20+,21+,22+,23-,24+,25+,26+,27+,28+,29-,31-,32+,33-,35+,36-,37+/m1/s1. The van der Waals surface area contributed by atoms with Crippen LogP contribution in [0.4, 0.5) is 0 Å². The van der Waals surface area contributed by atoms with E-state index in [-0.39, 0.29) is 30.4 Å². The minimum Gasteiger partial charge on any atom is -0.489 e. The van der Waals surface area contributed by atoms with Gasteiger partial charge in [-0.1, -0.05) is 27.7 Å². The molecule has 0 unspecified atom stereocenters. The summed E-state index contributed by atoms with van der Waals surface area (Å²) < 4.78 is 45.0. The summed E-state index contributed by atoms with van der Waals surface area (Å²) >= 11 is 0. The number of fused-ring (bicyclic) bond motifs is 2. The highest BCUT2D eigenvalue weighted by Gasteiger charge is 2.55. The Kier molecular flexibility index (Phi) is 13.0. The number of methoxy groups -OCH3 is 1. The van der Waals surface area contributed by atoms with Gasteiger partial charge in [0.25, 0.3) is 0 Å². The van der Waals surface area contributed by atoms with Gasteiger partial charge in [0, 0.05) is 43.7 Å². The van der Waals surface area contributed by atoms with E-state index in [1.165, 1.54) is 0 Å². The molecule has 0 radical (unpaired) electrons. The second kappa shape index (κ2) is 15.7. The van der Waals surface area contributed by atoms with Crippen LogP contribution >= 0.6 is 0 Å². The Labute approximate surface area is 293 Å². The molecule has 0 aliphatic carbocycles. The molecule has 284 valence electrons. The summed E-state index contributed by atoms with van der Waals surface area (Å²) in [5.41, 5.74) is -0.930. The second-order valence-electron chi connectivity index (χ2n) is 16.1. The first kappa shape index (κ1) is 40.4. The van der Waals surface area contributed by atoms with Gasteiger partial charge in [0.1, 0.15) is 35.8 Å². The fourth-order valence-corrected chi connectivity index (χ4v) is 8.67. The summed E-state index contributed by atoms with van der Waals surface area (Å²) in [6, 6.07) is -0.203. The average Bonchev–Trinajstić information content (AvgIpc) is 3.36. The van der Waals surface area contributed by atoms with Crippen molar-refractivity contribution in [2.45, 2.75) is 174 Å². The summed E-state index contributed by atoms with van der Waals surface area (Å²) in [5.74, 6) is -1.87. The Balaban J connectivity index is 1.82. The van der Waals surface area contributed by atoms with Gasteiger partial charge in [0.15, 0.2) is 12.6 Å². The van der Waals surface area contributed by atoms with Crippen molar-refractivity contribution in [1.82, 2.24) is 4.90 Å². The third-order valence-corrected chi connectivity index (χ3v) is 11.9. The van der Waals surface area contributed by atoms with Crippen LogP contribution in [0, 0.1) is 23.7 Å². The van der Waals surface area contributed by atoms with Crippen LogP contribution in [0.25, 0.3) is 0 Å². The number of hydrogen-bond donors (Lipinski definition) is 3. The van der Waals surface area contributed by atoms with Gasteiger partial charge >= 0.3 is 5.97 Å². The number of aliphatic hydroxyl groups excluding tert-OH is 3. The largest absolute Gasteiger partial charge is 0.489 e. The zero-order valence-electron chi connectivity index (χ0n) is 32.0. The van der Waals surface area contributed by atoms with Crippen LogP contribution in [0.5, 0.6) is 0 Å². The van der Waals surface area contributed by atoms with E-state index in [0.29, 0.717) is 25.0 Å². The smallest absolute Gasteiger partial charge is 0.311 e. The van der Waals surface area contributed by atoms with Crippen LogP contribution in [0.1, 0.15) is 94.9 Å². The van der Waals surface area contributed by atoms with E-state index in [2.05, 4.69) is 0 Å². The molecule has 0 amide bonds. The summed E-state index contributed by atoms with van der Waals surface area (Å²) in [7, 11) is 5.40. The first-order valence-corrected chi connectivity index (χ1v) is 18.2. The number of esters is 1. The Hall–Kier alpha value is -1.35. The SMILES string of the molecule is CC[C@@H]1OC(=O)[C@H](C)[C@H](O[C@H]2C[C@@](C)(OC)[C@@H](O)[C@H](C)O2)[C@H](C)[C@@H](O[C@@H]2O[C@H](C)C[C@H](N(C)C)[C@H]2O)[C@]2(C)CC(C)=C(O2)[C@@H](C)[C@@H](O)[C@H]1C. The van der Waals surface area contributed by atoms with E-state index >= 15 is 0 Å². The summed E-state index contributed by atoms with van der Waals surface area (Å²) in [6.45, 7) is 19.0. The minimum absolute atomic E-state index is 0.183. The first-order chi connectivity index (χ1) is 22.8. The monoisotopic (exact) mass is 699 g/mol. The van der Waals surface area contributed by atoms with E-state index in [1.807, 2.05) is 74.4 Å². The van der Waals surface area contributed by atoms with Crippen molar-refractivity contribution >= 4 is 5.97 Å². The Morgan fingerprint density at radius 2 is 1.59 bits per heavy atom. The molecule has 0 saturated carbocycles. The first-order valence-electron chi connectivity index (χ1n) is 18.2. The number of carbonyl (C=O) groups is 1. The molecule has 4 rings (SSSR count). The molecule has 4 aliphatic rings. The van der Waals surface area contributed by atoms with Crippen molar-refractivity contribution in [3.63, 3.8) is 0 Å². The molecule has 12 nitrogen and oxygen atoms in total. The molecule has 0 aromatic carbocycles. The number of cyclic esters (lactones) is 1. The zero-order chi connectivity index (χ0) is 36.7. The number of aliphatic hydroxyl groups is 3. The quantitative estimate of drug-likeness (QED) is 0.333. The lowest BCUT2D eigenvalue weighted by atomic mass is 9.79. The highest BCUT2D eigenvalue weighted by Crippen LogP contribution is 2.47. The Bertz CT molecular complexity index is 1170. The normalized spacial score (nSPS) is 48.8. The molecule has 3 fully saturated rings. The second-order valence-corrected chi connectivity index (χ2v) is 16.1. The average molecular weight is 700 g/mol. The van der Waals surface area contributed by atoms with Crippen molar-refractivity contribution in [2.24, 2.45) is 23.7 Å². The van der Waals surface area contributed by atoms with Crippen LogP contribution in [0.2, 0.25) is 0 Å². The number of nitrogens with zero attached hydrogens (tertiary/aromatic N) is 1. The van der Waals surface area contributed by atoms with Crippen molar-refractivity contribution < 1.29 is 53.3 Å². The van der Waals surface area contributed by atoms with E-state index < -0.39 is 84.3 Å². The van der Waals surface area contributed by atoms with Crippen molar-refractivity contribution in [3.8, 4) is 0 Å². The number of hydrogen-bond acceptors (Lipinski definition) is 12. The van der Waals surface area contributed by atoms with Gasteiger partial charge in [-0.05, 0) is 74.1 Å². The van der Waals surface area contributed by atoms with Crippen molar-refractivity contribution in [2.75, 3.05) is 21.2 Å². The lowest BCUT2D eigenvalue weighted by molar-refractivity contribution is -0.316. The summed E-state index contributed by atoms with van der Waals surface area (Å²) in [6.07, 6.45) is -5.56. The highest BCUT2D eigenvalue weighted by atomic mass is 16.7. The van der Waals surface area contributed by atoms with Crippen LogP contribution in [-0.2, 0) is 38.0 Å². The van der Waals surface area contributed by atoms with Crippen LogP contribution < -0.4 is 0 Å². The summed E-state index contributed by atoms with van der Waals surface area (Å²) in [5, 5.41) is 34.1. The molecule has 0 aromatic rings. The third-order valence-electron chi connectivity index (χ3n) is 11.9. The van der Waals surface area contributed by atoms with Gasteiger partial charge < -0.3 is 53.4 Å². The van der Waals surface area contributed by atoms with E-state index in [1.54, 1.807) is 21.0 Å². The predicted octanol–water partition coefficient (Wildman–Crippen LogP) is 3.78.